The Morgan fingerprint density at radius 1 is 1.29 bits per heavy atom. The van der Waals surface area contributed by atoms with Crippen LogP contribution in [0.3, 0.4) is 0 Å². The molecule has 9 heteroatoms. The third-order valence-electron chi connectivity index (χ3n) is 4.74. The zero-order valence-corrected chi connectivity index (χ0v) is 16.3. The summed E-state index contributed by atoms with van der Waals surface area (Å²) in [6, 6.07) is 2.86. The van der Waals surface area contributed by atoms with Gasteiger partial charge in [-0.2, -0.15) is 5.10 Å². The van der Waals surface area contributed by atoms with Gasteiger partial charge < -0.3 is 5.32 Å². The van der Waals surface area contributed by atoms with Gasteiger partial charge in [-0.15, -0.1) is 0 Å². The lowest BCUT2D eigenvalue weighted by Gasteiger charge is -2.22. The topological polar surface area (TPSA) is 57.1 Å². The maximum atomic E-state index is 14.4. The predicted octanol–water partition coefficient (Wildman–Crippen LogP) is 4.17. The minimum Gasteiger partial charge on any atom is -0.345 e. The lowest BCUT2D eigenvalue weighted by Crippen LogP contribution is -2.37. The molecule has 3 rings (SSSR count). The molecule has 1 aromatic rings. The maximum absolute atomic E-state index is 14.4. The minimum absolute atomic E-state index is 0.0207. The Morgan fingerprint density at radius 3 is 2.61 bits per heavy atom. The van der Waals surface area contributed by atoms with Crippen LogP contribution < -0.4 is 5.32 Å². The highest BCUT2D eigenvalue weighted by atomic mass is 35.5. The molecule has 2 heterocycles. The Hall–Kier alpha value is -2.35. The minimum atomic E-state index is -2.94. The Labute approximate surface area is 166 Å². The smallest absolute Gasteiger partial charge is 0.266 e. The number of benzene rings is 1. The number of hydrogen-bond donors (Lipinski definition) is 1. The van der Waals surface area contributed by atoms with Crippen molar-refractivity contribution in [3.63, 3.8) is 0 Å². The third kappa shape index (κ3) is 3.92. The number of carbonyl (C=O) groups is 1. The average Bonchev–Trinajstić information content (AvgIpc) is 3.04. The van der Waals surface area contributed by atoms with E-state index in [1.165, 1.54) is 25.1 Å². The van der Waals surface area contributed by atoms with E-state index in [1.807, 2.05) is 13.8 Å². The van der Waals surface area contributed by atoms with E-state index < -0.39 is 29.8 Å². The second-order valence-corrected chi connectivity index (χ2v) is 7.46. The van der Waals surface area contributed by atoms with Gasteiger partial charge >= 0.3 is 0 Å². The van der Waals surface area contributed by atoms with Gasteiger partial charge in [0, 0.05) is 5.56 Å². The van der Waals surface area contributed by atoms with Crippen molar-refractivity contribution in [2.24, 2.45) is 16.0 Å². The van der Waals surface area contributed by atoms with E-state index >= 15 is 0 Å². The molecule has 1 N–H and O–H groups in total. The summed E-state index contributed by atoms with van der Waals surface area (Å²) >= 11 is 6.04. The molecule has 0 saturated heterocycles. The molecule has 0 aliphatic carbocycles. The number of alkyl halides is 2. The van der Waals surface area contributed by atoms with E-state index in [-0.39, 0.29) is 28.3 Å². The van der Waals surface area contributed by atoms with Crippen molar-refractivity contribution in [3.05, 3.63) is 46.8 Å². The maximum Gasteiger partial charge on any atom is 0.266 e. The number of hydrogen-bond acceptors (Lipinski definition) is 4. The van der Waals surface area contributed by atoms with Gasteiger partial charge in [0.25, 0.3) is 12.3 Å². The van der Waals surface area contributed by atoms with Gasteiger partial charge in [0.2, 0.25) is 0 Å². The number of hydrazone groups is 1. The van der Waals surface area contributed by atoms with Crippen LogP contribution in [0.5, 0.6) is 0 Å². The average molecular weight is 413 g/mol. The molecule has 0 unspecified atom stereocenters. The van der Waals surface area contributed by atoms with Crippen LogP contribution in [0.4, 0.5) is 13.2 Å². The fourth-order valence-electron chi connectivity index (χ4n) is 3.10. The van der Waals surface area contributed by atoms with Gasteiger partial charge in [-0.3, -0.25) is 9.79 Å². The van der Waals surface area contributed by atoms with Crippen LogP contribution in [-0.4, -0.2) is 34.5 Å². The number of amides is 1. The number of rotatable bonds is 5. The molecular formula is C19H20ClF3N4O. The van der Waals surface area contributed by atoms with Crippen molar-refractivity contribution in [2.75, 3.05) is 6.54 Å². The summed E-state index contributed by atoms with van der Waals surface area (Å²) in [6.07, 6.45) is -1.54. The first-order chi connectivity index (χ1) is 13.2. The van der Waals surface area contributed by atoms with Gasteiger partial charge in [-0.1, -0.05) is 43.6 Å². The van der Waals surface area contributed by atoms with Crippen LogP contribution in [0.25, 0.3) is 0 Å². The summed E-state index contributed by atoms with van der Waals surface area (Å²) < 4.78 is 40.2. The van der Waals surface area contributed by atoms with E-state index in [2.05, 4.69) is 15.4 Å². The fourth-order valence-corrected chi connectivity index (χ4v) is 3.30. The zero-order chi connectivity index (χ0) is 20.6. The second kappa shape index (κ2) is 7.95. The first kappa shape index (κ1) is 20.4. The number of halogens is 4. The quantitative estimate of drug-likeness (QED) is 0.789. The number of aliphatic imine (C=N–C) groups is 1. The molecule has 0 spiro atoms. The molecule has 1 aromatic carbocycles. The fraction of sp³-hybridized carbons (Fsp3) is 0.421. The van der Waals surface area contributed by atoms with Crippen LogP contribution in [0, 0.1) is 11.7 Å². The van der Waals surface area contributed by atoms with Crippen LogP contribution in [0.15, 0.2) is 39.9 Å². The Bertz CT molecular complexity index is 882. The highest BCUT2D eigenvalue weighted by Crippen LogP contribution is 2.28. The molecule has 0 saturated carbocycles. The molecule has 2 atom stereocenters. The monoisotopic (exact) mass is 412 g/mol. The lowest BCUT2D eigenvalue weighted by molar-refractivity contribution is -0.117. The Kier molecular flexibility index (Phi) is 5.79. The van der Waals surface area contributed by atoms with E-state index in [0.29, 0.717) is 12.4 Å². The molecule has 28 heavy (non-hydrogen) atoms. The number of amidine groups is 1. The largest absolute Gasteiger partial charge is 0.345 e. The molecule has 5 nitrogen and oxygen atoms in total. The molecular weight excluding hydrogens is 393 g/mol. The summed E-state index contributed by atoms with van der Waals surface area (Å²) in [4.78, 5) is 17.4. The summed E-state index contributed by atoms with van der Waals surface area (Å²) in [5, 5.41) is 8.52. The van der Waals surface area contributed by atoms with Crippen molar-refractivity contribution >= 4 is 28.5 Å². The molecule has 2 aliphatic rings. The van der Waals surface area contributed by atoms with Gasteiger partial charge in [-0.25, -0.2) is 18.2 Å². The standard InChI is InChI=1S/C19H20ClF3N4O/c1-9(2)14-8-27-18(25-14)13(7-15(20)26-27)19(28)24-10(3)11-5-4-6-12(16(11)21)17(22)23/h4-7,9-10,14,17H,8H2,1-3H3,(H,24,28)/t10-,14+/m1/s1. The predicted molar refractivity (Wildman–Crippen MR) is 102 cm³/mol. The zero-order valence-electron chi connectivity index (χ0n) is 15.6. The van der Waals surface area contributed by atoms with Crippen LogP contribution >= 0.6 is 11.6 Å². The first-order valence-electron chi connectivity index (χ1n) is 8.87. The highest BCUT2D eigenvalue weighted by molar-refractivity contribution is 6.69. The Morgan fingerprint density at radius 2 is 1.96 bits per heavy atom. The van der Waals surface area contributed by atoms with Crippen molar-refractivity contribution < 1.29 is 18.0 Å². The van der Waals surface area contributed by atoms with Crippen molar-refractivity contribution in [1.82, 2.24) is 10.3 Å². The van der Waals surface area contributed by atoms with Crippen molar-refractivity contribution in [2.45, 2.75) is 39.3 Å². The summed E-state index contributed by atoms with van der Waals surface area (Å²) in [5.74, 6) is -0.908. The van der Waals surface area contributed by atoms with Crippen molar-refractivity contribution in [1.29, 1.82) is 0 Å². The van der Waals surface area contributed by atoms with Gasteiger partial charge in [0.15, 0.2) is 11.0 Å². The molecule has 2 aliphatic heterocycles. The Balaban J connectivity index is 1.84. The van der Waals surface area contributed by atoms with Gasteiger partial charge in [0.05, 0.1) is 29.8 Å². The van der Waals surface area contributed by atoms with Gasteiger partial charge in [-0.05, 0) is 18.9 Å². The lowest BCUT2D eigenvalue weighted by atomic mass is 10.0. The normalized spacial score (nSPS) is 20.0. The van der Waals surface area contributed by atoms with Crippen molar-refractivity contribution in [3.8, 4) is 0 Å². The van der Waals surface area contributed by atoms with E-state index in [9.17, 15) is 18.0 Å². The third-order valence-corrected chi connectivity index (χ3v) is 4.92. The molecule has 0 fully saturated rings. The number of nitrogens with zero attached hydrogens (tertiary/aromatic N) is 3. The summed E-state index contributed by atoms with van der Waals surface area (Å²) in [7, 11) is 0. The van der Waals surface area contributed by atoms with Crippen LogP contribution in [0.1, 0.15) is 44.4 Å². The molecule has 0 bridgehead atoms. The van der Waals surface area contributed by atoms with E-state index in [4.69, 9.17) is 11.6 Å². The SMILES string of the molecule is CC(C)[C@@H]1CN2N=C(Cl)C=C(C(=O)N[C@H](C)c3cccc(C(F)F)c3F)C2=N1. The van der Waals surface area contributed by atoms with Gasteiger partial charge in [0.1, 0.15) is 5.82 Å². The number of carbonyl (C=O) groups excluding carboxylic acids is 1. The molecule has 0 aromatic heterocycles. The molecule has 150 valence electrons. The van der Waals surface area contributed by atoms with Crippen LogP contribution in [0.2, 0.25) is 0 Å². The number of nitrogens with one attached hydrogen (secondary N) is 1. The van der Waals surface area contributed by atoms with E-state index in [1.54, 1.807) is 5.01 Å². The highest BCUT2D eigenvalue weighted by Gasteiger charge is 2.35. The summed E-state index contributed by atoms with van der Waals surface area (Å²) in [5.41, 5.74) is -0.509. The first-order valence-corrected chi connectivity index (χ1v) is 9.25. The number of allylic oxidation sites excluding steroid dienone is 1. The van der Waals surface area contributed by atoms with Crippen LogP contribution in [-0.2, 0) is 4.79 Å². The molecule has 1 amide bonds. The van der Waals surface area contributed by atoms with E-state index in [0.717, 1.165) is 6.07 Å². The summed E-state index contributed by atoms with van der Waals surface area (Å²) in [6.45, 7) is 6.07. The molecule has 0 radical (unpaired) electrons. The second-order valence-electron chi connectivity index (χ2n) is 7.07. The number of fused-ring (bicyclic) bond motifs is 1.